The van der Waals surface area contributed by atoms with Crippen molar-refractivity contribution in [3.8, 4) is 5.75 Å². The number of hydrogen-bond donors (Lipinski definition) is 0. The second kappa shape index (κ2) is 12.5. The topological polar surface area (TPSA) is 29.5 Å². The first kappa shape index (κ1) is 23.3. The van der Waals surface area contributed by atoms with Crippen LogP contribution in [0.15, 0.2) is 12.1 Å². The van der Waals surface area contributed by atoms with E-state index in [1.54, 1.807) is 0 Å². The zero-order valence-electron chi connectivity index (χ0n) is 19.5. The molecule has 0 bridgehead atoms. The smallest absolute Gasteiger partial charge is 0.167 e. The van der Waals surface area contributed by atoms with Crippen LogP contribution in [0.5, 0.6) is 5.75 Å². The number of nitrogens with zero attached hydrogens (tertiary/aromatic N) is 1. The van der Waals surface area contributed by atoms with E-state index in [1.807, 2.05) is 0 Å². The molecule has 1 aliphatic heterocycles. The van der Waals surface area contributed by atoms with Gasteiger partial charge >= 0.3 is 0 Å². The summed E-state index contributed by atoms with van der Waals surface area (Å²) in [6.07, 6.45) is 15.7. The standard InChI is InChI=1S/C27H43NO2/c1-3-5-6-7-8-13-20-30-26-17-16-25(23-14-9-10-15-24(23)26)27(29)22(4-2)21-28-18-11-12-19-28/h16-17,22H,3-15,18-21H2,1-2H3. The summed E-state index contributed by atoms with van der Waals surface area (Å²) >= 11 is 0. The molecule has 0 aromatic heterocycles. The van der Waals surface area contributed by atoms with Crippen LogP contribution in [0.1, 0.15) is 106 Å². The van der Waals surface area contributed by atoms with Crippen LogP contribution in [0, 0.1) is 5.92 Å². The molecule has 0 N–H and O–H groups in total. The monoisotopic (exact) mass is 413 g/mol. The Kier molecular flexibility index (Phi) is 9.71. The summed E-state index contributed by atoms with van der Waals surface area (Å²) in [6, 6.07) is 4.17. The van der Waals surface area contributed by atoms with Gasteiger partial charge in [-0.1, -0.05) is 46.0 Å². The highest BCUT2D eigenvalue weighted by Gasteiger charge is 2.27. The Morgan fingerprint density at radius 3 is 2.37 bits per heavy atom. The van der Waals surface area contributed by atoms with Gasteiger partial charge in [0.25, 0.3) is 0 Å². The van der Waals surface area contributed by atoms with E-state index in [2.05, 4.69) is 30.9 Å². The van der Waals surface area contributed by atoms with Crippen LogP contribution in [-0.2, 0) is 12.8 Å². The maximum atomic E-state index is 13.5. The van der Waals surface area contributed by atoms with Crippen LogP contribution in [-0.4, -0.2) is 36.9 Å². The van der Waals surface area contributed by atoms with Crippen LogP contribution in [0.3, 0.4) is 0 Å². The molecule has 1 saturated heterocycles. The van der Waals surface area contributed by atoms with Gasteiger partial charge in [0.1, 0.15) is 5.75 Å². The molecule has 1 aromatic carbocycles. The van der Waals surface area contributed by atoms with Gasteiger partial charge in [0.05, 0.1) is 6.61 Å². The number of carbonyl (C=O) groups excluding carboxylic acids is 1. The second-order valence-corrected chi connectivity index (χ2v) is 9.37. The molecular formula is C27H43NO2. The normalized spacial score (nSPS) is 17.7. The third-order valence-corrected chi connectivity index (χ3v) is 7.05. The Morgan fingerprint density at radius 1 is 0.933 bits per heavy atom. The first-order chi connectivity index (χ1) is 14.7. The van der Waals surface area contributed by atoms with Crippen LogP contribution >= 0.6 is 0 Å². The van der Waals surface area contributed by atoms with Gasteiger partial charge in [0.2, 0.25) is 0 Å². The van der Waals surface area contributed by atoms with Crippen molar-refractivity contribution in [3.63, 3.8) is 0 Å². The Balaban J connectivity index is 1.63. The summed E-state index contributed by atoms with van der Waals surface area (Å²) < 4.78 is 6.22. The number of benzene rings is 1. The fourth-order valence-electron chi connectivity index (χ4n) is 5.16. The van der Waals surface area contributed by atoms with E-state index >= 15 is 0 Å². The summed E-state index contributed by atoms with van der Waals surface area (Å²) in [5, 5.41) is 0. The summed E-state index contributed by atoms with van der Waals surface area (Å²) in [5.74, 6) is 1.54. The third-order valence-electron chi connectivity index (χ3n) is 7.05. The summed E-state index contributed by atoms with van der Waals surface area (Å²) in [4.78, 5) is 15.9. The predicted octanol–water partition coefficient (Wildman–Crippen LogP) is 6.61. The summed E-state index contributed by atoms with van der Waals surface area (Å²) in [7, 11) is 0. The van der Waals surface area contributed by atoms with Gasteiger partial charge in [-0.3, -0.25) is 4.79 Å². The number of ketones is 1. The van der Waals surface area contributed by atoms with Crippen molar-refractivity contribution in [2.24, 2.45) is 5.92 Å². The van der Waals surface area contributed by atoms with E-state index in [9.17, 15) is 4.79 Å². The van der Waals surface area contributed by atoms with E-state index < -0.39 is 0 Å². The van der Waals surface area contributed by atoms with E-state index in [4.69, 9.17) is 4.74 Å². The van der Waals surface area contributed by atoms with Crippen LogP contribution in [0.2, 0.25) is 0 Å². The maximum absolute atomic E-state index is 13.5. The summed E-state index contributed by atoms with van der Waals surface area (Å²) in [5.41, 5.74) is 3.61. The Morgan fingerprint density at radius 2 is 1.63 bits per heavy atom. The Hall–Kier alpha value is -1.35. The molecule has 1 aromatic rings. The fraction of sp³-hybridized carbons (Fsp3) is 0.741. The highest BCUT2D eigenvalue weighted by atomic mass is 16.5. The zero-order chi connectivity index (χ0) is 21.2. The SMILES string of the molecule is CCCCCCCCOc1ccc(C(=O)C(CC)CN2CCCC2)c2c1CCCC2. The molecule has 0 spiro atoms. The largest absolute Gasteiger partial charge is 0.493 e. The van der Waals surface area contributed by atoms with Gasteiger partial charge in [-0.15, -0.1) is 0 Å². The van der Waals surface area contributed by atoms with E-state index in [1.165, 1.54) is 68.9 Å². The van der Waals surface area contributed by atoms with Crippen molar-refractivity contribution >= 4 is 5.78 Å². The van der Waals surface area contributed by atoms with Crippen LogP contribution in [0.4, 0.5) is 0 Å². The molecule has 30 heavy (non-hydrogen) atoms. The number of carbonyl (C=O) groups is 1. The molecule has 1 atom stereocenters. The minimum atomic E-state index is 0.129. The van der Waals surface area contributed by atoms with Gasteiger partial charge in [0, 0.05) is 18.0 Å². The number of ether oxygens (including phenoxy) is 1. The molecule has 0 radical (unpaired) electrons. The maximum Gasteiger partial charge on any atom is 0.167 e. The van der Waals surface area contributed by atoms with Crippen molar-refractivity contribution < 1.29 is 9.53 Å². The van der Waals surface area contributed by atoms with E-state index in [0.717, 1.165) is 63.2 Å². The molecule has 0 amide bonds. The van der Waals surface area contributed by atoms with Crippen molar-refractivity contribution in [3.05, 3.63) is 28.8 Å². The number of fused-ring (bicyclic) bond motifs is 1. The second-order valence-electron chi connectivity index (χ2n) is 9.37. The van der Waals surface area contributed by atoms with E-state index in [0.29, 0.717) is 5.78 Å². The molecule has 1 aliphatic carbocycles. The Bertz CT molecular complexity index is 663. The van der Waals surface area contributed by atoms with Crippen molar-refractivity contribution in [1.29, 1.82) is 0 Å². The lowest BCUT2D eigenvalue weighted by atomic mass is 9.83. The lowest BCUT2D eigenvalue weighted by Gasteiger charge is -2.26. The Labute approximate surface area is 184 Å². The first-order valence-electron chi connectivity index (χ1n) is 12.8. The van der Waals surface area contributed by atoms with Gasteiger partial charge in [0.15, 0.2) is 5.78 Å². The molecule has 0 saturated carbocycles. The van der Waals surface area contributed by atoms with Crippen molar-refractivity contribution in [1.82, 2.24) is 4.90 Å². The highest BCUT2D eigenvalue weighted by molar-refractivity contribution is 6.00. The number of hydrogen-bond acceptors (Lipinski definition) is 3. The number of rotatable bonds is 13. The predicted molar refractivity (Wildman–Crippen MR) is 126 cm³/mol. The number of Topliss-reactive ketones (excluding diaryl/α,β-unsaturated/α-hetero) is 1. The molecule has 3 rings (SSSR count). The number of unbranched alkanes of at least 4 members (excludes halogenated alkanes) is 5. The van der Waals surface area contributed by atoms with Gasteiger partial charge in [-0.25, -0.2) is 0 Å². The minimum Gasteiger partial charge on any atom is -0.493 e. The van der Waals surface area contributed by atoms with Gasteiger partial charge < -0.3 is 9.64 Å². The molecule has 168 valence electrons. The molecule has 1 unspecified atom stereocenters. The average molecular weight is 414 g/mol. The zero-order valence-corrected chi connectivity index (χ0v) is 19.5. The minimum absolute atomic E-state index is 0.129. The van der Waals surface area contributed by atoms with Crippen LogP contribution in [0.25, 0.3) is 0 Å². The molecular weight excluding hydrogens is 370 g/mol. The molecule has 2 aliphatic rings. The molecule has 1 heterocycles. The van der Waals surface area contributed by atoms with Crippen molar-refractivity contribution in [2.75, 3.05) is 26.2 Å². The highest BCUT2D eigenvalue weighted by Crippen LogP contribution is 2.34. The molecule has 3 heteroatoms. The third kappa shape index (κ3) is 6.33. The molecule has 3 nitrogen and oxygen atoms in total. The summed E-state index contributed by atoms with van der Waals surface area (Å²) in [6.45, 7) is 8.48. The molecule has 1 fully saturated rings. The van der Waals surface area contributed by atoms with E-state index in [-0.39, 0.29) is 5.92 Å². The number of likely N-dealkylation sites (tertiary alicyclic amines) is 1. The van der Waals surface area contributed by atoms with Gasteiger partial charge in [-0.2, -0.15) is 0 Å². The van der Waals surface area contributed by atoms with Crippen LogP contribution < -0.4 is 4.74 Å². The van der Waals surface area contributed by atoms with Gasteiger partial charge in [-0.05, 0) is 87.7 Å². The first-order valence-corrected chi connectivity index (χ1v) is 12.8. The average Bonchev–Trinajstić information content (AvgIpc) is 3.29. The quantitative estimate of drug-likeness (QED) is 0.269. The fourth-order valence-corrected chi connectivity index (χ4v) is 5.16. The lowest BCUT2D eigenvalue weighted by Crippen LogP contribution is -2.31. The van der Waals surface area contributed by atoms with Crippen molar-refractivity contribution in [2.45, 2.75) is 97.3 Å². The lowest BCUT2D eigenvalue weighted by molar-refractivity contribution is 0.0884.